The van der Waals surface area contributed by atoms with E-state index in [0.717, 1.165) is 0 Å². The van der Waals surface area contributed by atoms with E-state index in [2.05, 4.69) is 4.72 Å². The minimum absolute atomic E-state index is 0.0771. The van der Waals surface area contributed by atoms with Crippen LogP contribution in [0.25, 0.3) is 0 Å². The Hall–Kier alpha value is -1.14. The number of rotatable bonds is 4. The summed E-state index contributed by atoms with van der Waals surface area (Å²) < 4.78 is 38.5. The number of halogens is 1. The Morgan fingerprint density at radius 1 is 1.44 bits per heavy atom. The summed E-state index contributed by atoms with van der Waals surface area (Å²) in [5.74, 6) is -0.437. The molecule has 4 nitrogen and oxygen atoms in total. The summed E-state index contributed by atoms with van der Waals surface area (Å²) in [6.07, 6.45) is 0. The molecule has 0 atom stereocenters. The molecule has 0 spiro atoms. The average Bonchev–Trinajstić information content (AvgIpc) is 2.20. The Morgan fingerprint density at radius 2 is 2.06 bits per heavy atom. The van der Waals surface area contributed by atoms with Gasteiger partial charge in [-0.15, -0.1) is 0 Å². The normalized spacial score (nSPS) is 11.8. The molecule has 0 aliphatic carbocycles. The zero-order chi connectivity index (χ0) is 12.3. The zero-order valence-electron chi connectivity index (χ0n) is 9.20. The number of sulfonamides is 1. The molecule has 1 aromatic rings. The fraction of sp³-hybridized carbons (Fsp3) is 0.400. The molecule has 0 aliphatic heterocycles. The minimum atomic E-state index is -3.42. The van der Waals surface area contributed by atoms with E-state index in [1.807, 2.05) is 0 Å². The van der Waals surface area contributed by atoms with Gasteiger partial charge in [0, 0.05) is 6.54 Å². The SMILES string of the molecule is CC(C)S(=O)(=O)Nc1ccc(F)cc1CN. The van der Waals surface area contributed by atoms with Crippen LogP contribution in [0.3, 0.4) is 0 Å². The monoisotopic (exact) mass is 246 g/mol. The Labute approximate surface area is 94.7 Å². The molecule has 0 bridgehead atoms. The molecule has 1 rings (SSSR count). The smallest absolute Gasteiger partial charge is 0.235 e. The van der Waals surface area contributed by atoms with Crippen LogP contribution in [0.5, 0.6) is 0 Å². The molecule has 16 heavy (non-hydrogen) atoms. The molecule has 0 unspecified atom stereocenters. The van der Waals surface area contributed by atoms with E-state index >= 15 is 0 Å². The lowest BCUT2D eigenvalue weighted by Gasteiger charge is -2.13. The molecule has 0 aromatic heterocycles. The number of nitrogens with one attached hydrogen (secondary N) is 1. The maximum atomic E-state index is 12.9. The van der Waals surface area contributed by atoms with Gasteiger partial charge in [0.15, 0.2) is 0 Å². The van der Waals surface area contributed by atoms with E-state index in [4.69, 9.17) is 5.73 Å². The third-order valence-electron chi connectivity index (χ3n) is 2.16. The number of anilines is 1. The van der Waals surface area contributed by atoms with Crippen LogP contribution in [0.1, 0.15) is 19.4 Å². The van der Waals surface area contributed by atoms with Crippen molar-refractivity contribution in [2.75, 3.05) is 4.72 Å². The van der Waals surface area contributed by atoms with Gasteiger partial charge in [-0.05, 0) is 37.6 Å². The number of hydrogen-bond acceptors (Lipinski definition) is 3. The van der Waals surface area contributed by atoms with E-state index in [1.54, 1.807) is 13.8 Å². The third kappa shape index (κ3) is 2.93. The van der Waals surface area contributed by atoms with Gasteiger partial charge >= 0.3 is 0 Å². The van der Waals surface area contributed by atoms with Gasteiger partial charge < -0.3 is 5.73 Å². The van der Waals surface area contributed by atoms with Crippen molar-refractivity contribution in [3.05, 3.63) is 29.6 Å². The highest BCUT2D eigenvalue weighted by Gasteiger charge is 2.17. The Morgan fingerprint density at radius 3 is 2.56 bits per heavy atom. The van der Waals surface area contributed by atoms with Crippen molar-refractivity contribution in [3.8, 4) is 0 Å². The summed E-state index contributed by atoms with van der Waals surface area (Å²) in [5.41, 5.74) is 6.18. The predicted octanol–water partition coefficient (Wildman–Crippen LogP) is 1.43. The summed E-state index contributed by atoms with van der Waals surface area (Å²) in [5, 5.41) is -0.553. The summed E-state index contributed by atoms with van der Waals surface area (Å²) >= 11 is 0. The van der Waals surface area contributed by atoms with Crippen LogP contribution in [0, 0.1) is 5.82 Å². The molecule has 0 amide bonds. The van der Waals surface area contributed by atoms with Crippen molar-refractivity contribution in [3.63, 3.8) is 0 Å². The van der Waals surface area contributed by atoms with Crippen LogP contribution in [-0.2, 0) is 16.6 Å². The maximum Gasteiger partial charge on any atom is 0.235 e. The Bertz CT molecular complexity index is 472. The van der Waals surface area contributed by atoms with Gasteiger partial charge in [-0.2, -0.15) is 0 Å². The second kappa shape index (κ2) is 4.80. The van der Waals surface area contributed by atoms with Crippen LogP contribution >= 0.6 is 0 Å². The van der Waals surface area contributed by atoms with E-state index in [0.29, 0.717) is 11.3 Å². The maximum absolute atomic E-state index is 12.9. The predicted molar refractivity (Wildman–Crippen MR) is 62.0 cm³/mol. The molecule has 1 aromatic carbocycles. The second-order valence-corrected chi connectivity index (χ2v) is 5.94. The molecular weight excluding hydrogens is 231 g/mol. The fourth-order valence-electron chi connectivity index (χ4n) is 1.10. The van der Waals surface area contributed by atoms with Gasteiger partial charge in [-0.25, -0.2) is 12.8 Å². The van der Waals surface area contributed by atoms with Gasteiger partial charge in [0.2, 0.25) is 10.0 Å². The fourth-order valence-corrected chi connectivity index (χ4v) is 1.84. The second-order valence-electron chi connectivity index (χ2n) is 3.70. The van der Waals surface area contributed by atoms with Crippen LogP contribution < -0.4 is 10.5 Å². The van der Waals surface area contributed by atoms with Crippen molar-refractivity contribution >= 4 is 15.7 Å². The molecule has 90 valence electrons. The minimum Gasteiger partial charge on any atom is -0.326 e. The number of nitrogens with two attached hydrogens (primary N) is 1. The van der Waals surface area contributed by atoms with E-state index in [1.165, 1.54) is 18.2 Å². The summed E-state index contributed by atoms with van der Waals surface area (Å²) in [6.45, 7) is 3.20. The first-order chi connectivity index (χ1) is 7.36. The summed E-state index contributed by atoms with van der Waals surface area (Å²) in [6, 6.07) is 3.78. The lowest BCUT2D eigenvalue weighted by molar-refractivity contribution is 0.592. The average molecular weight is 246 g/mol. The molecule has 0 radical (unpaired) electrons. The first-order valence-corrected chi connectivity index (χ1v) is 6.41. The molecule has 0 aliphatic rings. The largest absolute Gasteiger partial charge is 0.326 e. The molecule has 6 heteroatoms. The molecule has 0 heterocycles. The molecule has 0 saturated carbocycles. The van der Waals surface area contributed by atoms with Gasteiger partial charge in [-0.1, -0.05) is 0 Å². The van der Waals surface area contributed by atoms with Gasteiger partial charge in [0.25, 0.3) is 0 Å². The van der Waals surface area contributed by atoms with Crippen molar-refractivity contribution in [2.45, 2.75) is 25.6 Å². The quantitative estimate of drug-likeness (QED) is 0.844. The topological polar surface area (TPSA) is 72.2 Å². The van der Waals surface area contributed by atoms with Gasteiger partial charge in [-0.3, -0.25) is 4.72 Å². The molecule has 3 N–H and O–H groups in total. The van der Waals surface area contributed by atoms with E-state index in [-0.39, 0.29) is 6.54 Å². The first-order valence-electron chi connectivity index (χ1n) is 4.87. The first kappa shape index (κ1) is 12.9. The van der Waals surface area contributed by atoms with Crippen LogP contribution in [0.4, 0.5) is 10.1 Å². The highest BCUT2D eigenvalue weighted by molar-refractivity contribution is 7.93. The summed E-state index contributed by atoms with van der Waals surface area (Å²) in [4.78, 5) is 0. The van der Waals surface area contributed by atoms with Crippen molar-refractivity contribution in [1.29, 1.82) is 0 Å². The van der Waals surface area contributed by atoms with Crippen molar-refractivity contribution in [1.82, 2.24) is 0 Å². The Balaban J connectivity index is 3.07. The van der Waals surface area contributed by atoms with Crippen LogP contribution in [-0.4, -0.2) is 13.7 Å². The molecule has 0 saturated heterocycles. The highest BCUT2D eigenvalue weighted by Crippen LogP contribution is 2.19. The van der Waals surface area contributed by atoms with Gasteiger partial charge in [0.1, 0.15) is 5.82 Å². The number of benzene rings is 1. The Kier molecular flexibility index (Phi) is 3.88. The van der Waals surface area contributed by atoms with Gasteiger partial charge in [0.05, 0.1) is 10.9 Å². The lowest BCUT2D eigenvalue weighted by Crippen LogP contribution is -2.23. The lowest BCUT2D eigenvalue weighted by atomic mass is 10.2. The summed E-state index contributed by atoms with van der Waals surface area (Å²) in [7, 11) is -3.42. The standard InChI is InChI=1S/C10H15FN2O2S/c1-7(2)16(14,15)13-10-4-3-9(11)5-8(10)6-12/h3-5,7,13H,6,12H2,1-2H3. The molecular formula is C10H15FN2O2S. The highest BCUT2D eigenvalue weighted by atomic mass is 32.2. The van der Waals surface area contributed by atoms with Crippen LogP contribution in [0.15, 0.2) is 18.2 Å². The third-order valence-corrected chi connectivity index (χ3v) is 3.91. The van der Waals surface area contributed by atoms with Crippen molar-refractivity contribution in [2.24, 2.45) is 5.73 Å². The number of hydrogen-bond donors (Lipinski definition) is 2. The van der Waals surface area contributed by atoms with E-state index < -0.39 is 21.1 Å². The zero-order valence-corrected chi connectivity index (χ0v) is 10.0. The molecule has 0 fully saturated rings. The van der Waals surface area contributed by atoms with Crippen molar-refractivity contribution < 1.29 is 12.8 Å². The van der Waals surface area contributed by atoms with E-state index in [9.17, 15) is 12.8 Å². The van der Waals surface area contributed by atoms with Crippen LogP contribution in [0.2, 0.25) is 0 Å².